The first-order valence-electron chi connectivity index (χ1n) is 10.2. The molecule has 0 unspecified atom stereocenters. The maximum absolute atomic E-state index is 12.6. The van der Waals surface area contributed by atoms with Crippen molar-refractivity contribution < 1.29 is 14.3 Å². The molecule has 2 aromatic heterocycles. The molecule has 0 radical (unpaired) electrons. The molecule has 2 aromatic rings. The highest BCUT2D eigenvalue weighted by atomic mass is 32.2. The van der Waals surface area contributed by atoms with E-state index in [2.05, 4.69) is 16.4 Å². The molecule has 0 saturated carbocycles. The third kappa shape index (κ3) is 4.23. The van der Waals surface area contributed by atoms with Crippen LogP contribution in [0.3, 0.4) is 0 Å². The van der Waals surface area contributed by atoms with Crippen LogP contribution in [0.15, 0.2) is 11.1 Å². The van der Waals surface area contributed by atoms with Crippen LogP contribution < -0.4 is 5.32 Å². The average molecular weight is 442 g/mol. The topological polar surface area (TPSA) is 92.1 Å². The SMILES string of the molecule is COC(=O)c1c(NC(=O)CCSc2nc3c(cc2C#N)CCC3)sc2c1CCCC2. The van der Waals surface area contributed by atoms with Gasteiger partial charge in [-0.05, 0) is 62.1 Å². The minimum Gasteiger partial charge on any atom is -0.465 e. The van der Waals surface area contributed by atoms with Gasteiger partial charge in [0.05, 0.1) is 18.2 Å². The van der Waals surface area contributed by atoms with E-state index in [-0.39, 0.29) is 18.3 Å². The number of aromatic nitrogens is 1. The molecule has 0 atom stereocenters. The predicted molar refractivity (Wildman–Crippen MR) is 117 cm³/mol. The number of nitrogens with zero attached hydrogens (tertiary/aromatic N) is 2. The van der Waals surface area contributed by atoms with Crippen LogP contribution >= 0.6 is 23.1 Å². The summed E-state index contributed by atoms with van der Waals surface area (Å²) in [6.07, 6.45) is 7.24. The van der Waals surface area contributed by atoms with Crippen LogP contribution in [0.25, 0.3) is 0 Å². The fourth-order valence-corrected chi connectivity index (χ4v) is 6.25. The molecular formula is C22H23N3O3S2. The number of anilines is 1. The van der Waals surface area contributed by atoms with Crippen LogP contribution in [0.1, 0.15) is 63.3 Å². The second kappa shape index (κ2) is 9.19. The van der Waals surface area contributed by atoms with Crippen molar-refractivity contribution in [3.8, 4) is 6.07 Å². The zero-order valence-electron chi connectivity index (χ0n) is 16.9. The Labute approximate surface area is 184 Å². The Morgan fingerprint density at radius 1 is 1.27 bits per heavy atom. The molecule has 6 nitrogen and oxygen atoms in total. The van der Waals surface area contributed by atoms with E-state index in [1.165, 1.54) is 40.6 Å². The van der Waals surface area contributed by atoms with E-state index in [1.54, 1.807) is 0 Å². The van der Waals surface area contributed by atoms with Crippen molar-refractivity contribution >= 4 is 40.0 Å². The van der Waals surface area contributed by atoms with Gasteiger partial charge in [-0.3, -0.25) is 4.79 Å². The number of carbonyl (C=O) groups is 2. The maximum Gasteiger partial charge on any atom is 0.341 e. The van der Waals surface area contributed by atoms with Crippen molar-refractivity contribution in [3.05, 3.63) is 38.9 Å². The summed E-state index contributed by atoms with van der Waals surface area (Å²) < 4.78 is 4.96. The van der Waals surface area contributed by atoms with Gasteiger partial charge in [-0.25, -0.2) is 9.78 Å². The summed E-state index contributed by atoms with van der Waals surface area (Å²) in [4.78, 5) is 30.7. The molecule has 2 heterocycles. The normalized spacial score (nSPS) is 14.5. The molecule has 2 aliphatic carbocycles. The summed E-state index contributed by atoms with van der Waals surface area (Å²) in [5, 5.41) is 13.6. The van der Waals surface area contributed by atoms with E-state index in [9.17, 15) is 14.9 Å². The molecule has 0 aliphatic heterocycles. The number of hydrogen-bond acceptors (Lipinski definition) is 7. The van der Waals surface area contributed by atoms with Crippen LogP contribution in [-0.2, 0) is 35.2 Å². The molecule has 30 heavy (non-hydrogen) atoms. The van der Waals surface area contributed by atoms with Gasteiger partial charge in [0.15, 0.2) is 0 Å². The van der Waals surface area contributed by atoms with Gasteiger partial charge in [0, 0.05) is 22.7 Å². The quantitative estimate of drug-likeness (QED) is 0.531. The Hall–Kier alpha value is -2.37. The van der Waals surface area contributed by atoms with Gasteiger partial charge in [-0.1, -0.05) is 0 Å². The van der Waals surface area contributed by atoms with E-state index >= 15 is 0 Å². The third-order valence-electron chi connectivity index (χ3n) is 5.52. The highest BCUT2D eigenvalue weighted by Crippen LogP contribution is 2.38. The highest BCUT2D eigenvalue weighted by Gasteiger charge is 2.27. The van der Waals surface area contributed by atoms with Crippen LogP contribution in [0, 0.1) is 11.3 Å². The number of nitrogens with one attached hydrogen (secondary N) is 1. The van der Waals surface area contributed by atoms with Gasteiger partial charge in [0.25, 0.3) is 0 Å². The van der Waals surface area contributed by atoms with Gasteiger partial charge >= 0.3 is 5.97 Å². The number of amides is 1. The summed E-state index contributed by atoms with van der Waals surface area (Å²) in [5.41, 5.74) is 4.38. The number of methoxy groups -OCH3 is 1. The van der Waals surface area contributed by atoms with Gasteiger partial charge in [0.2, 0.25) is 5.91 Å². The standard InChI is InChI=1S/C22H23N3O3S2/c1-28-22(27)19-15-6-2-3-8-17(15)30-21(19)25-18(26)9-10-29-20-14(12-23)11-13-5-4-7-16(13)24-20/h11H,2-10H2,1H3,(H,25,26). The number of ether oxygens (including phenoxy) is 1. The zero-order valence-corrected chi connectivity index (χ0v) is 18.5. The lowest BCUT2D eigenvalue weighted by atomic mass is 9.95. The predicted octanol–water partition coefficient (Wildman–Crippen LogP) is 4.29. The summed E-state index contributed by atoms with van der Waals surface area (Å²) >= 11 is 2.92. The van der Waals surface area contributed by atoms with Crippen molar-refractivity contribution in [1.82, 2.24) is 4.98 Å². The summed E-state index contributed by atoms with van der Waals surface area (Å²) in [6, 6.07) is 4.16. The highest BCUT2D eigenvalue weighted by molar-refractivity contribution is 7.99. The lowest BCUT2D eigenvalue weighted by molar-refractivity contribution is -0.115. The lowest BCUT2D eigenvalue weighted by Crippen LogP contribution is -2.15. The summed E-state index contributed by atoms with van der Waals surface area (Å²) in [6.45, 7) is 0. The minimum absolute atomic E-state index is 0.147. The smallest absolute Gasteiger partial charge is 0.341 e. The fourth-order valence-electron chi connectivity index (χ4n) is 4.04. The number of hydrogen-bond donors (Lipinski definition) is 1. The van der Waals surface area contributed by atoms with Crippen molar-refractivity contribution in [2.24, 2.45) is 0 Å². The van der Waals surface area contributed by atoms with Crippen molar-refractivity contribution in [3.63, 3.8) is 0 Å². The first-order chi connectivity index (χ1) is 14.6. The first kappa shape index (κ1) is 20.9. The molecule has 0 bridgehead atoms. The molecule has 8 heteroatoms. The average Bonchev–Trinajstić information content (AvgIpc) is 3.35. The number of rotatable bonds is 6. The lowest BCUT2D eigenvalue weighted by Gasteiger charge is -2.11. The number of fused-ring (bicyclic) bond motifs is 2. The molecule has 0 saturated heterocycles. The molecule has 0 fully saturated rings. The Morgan fingerprint density at radius 2 is 2.10 bits per heavy atom. The molecule has 4 rings (SSSR count). The first-order valence-corrected chi connectivity index (χ1v) is 12.0. The van der Waals surface area contributed by atoms with Crippen molar-refractivity contribution in [2.75, 3.05) is 18.2 Å². The zero-order chi connectivity index (χ0) is 21.1. The Kier molecular flexibility index (Phi) is 6.40. The van der Waals surface area contributed by atoms with E-state index in [1.807, 2.05) is 6.07 Å². The summed E-state index contributed by atoms with van der Waals surface area (Å²) in [5.74, 6) is -0.0173. The maximum atomic E-state index is 12.6. The van der Waals surface area contributed by atoms with E-state index in [0.717, 1.165) is 56.2 Å². The second-order valence-corrected chi connectivity index (χ2v) is 9.65. The molecular weight excluding hydrogens is 418 g/mol. The third-order valence-corrected chi connectivity index (χ3v) is 7.72. The Bertz CT molecular complexity index is 1040. The Morgan fingerprint density at radius 3 is 2.90 bits per heavy atom. The van der Waals surface area contributed by atoms with Crippen LogP contribution in [-0.4, -0.2) is 29.7 Å². The molecule has 0 aromatic carbocycles. The molecule has 0 spiro atoms. The van der Waals surface area contributed by atoms with Crippen molar-refractivity contribution in [2.45, 2.75) is 56.4 Å². The van der Waals surface area contributed by atoms with Gasteiger partial charge in [-0.15, -0.1) is 23.1 Å². The van der Waals surface area contributed by atoms with Crippen LogP contribution in [0.4, 0.5) is 5.00 Å². The second-order valence-electron chi connectivity index (χ2n) is 7.47. The number of aryl methyl sites for hydroxylation is 3. The molecule has 2 aliphatic rings. The van der Waals surface area contributed by atoms with Crippen LogP contribution in [0.2, 0.25) is 0 Å². The number of esters is 1. The summed E-state index contributed by atoms with van der Waals surface area (Å²) in [7, 11) is 1.37. The van der Waals surface area contributed by atoms with Crippen molar-refractivity contribution in [1.29, 1.82) is 5.26 Å². The van der Waals surface area contributed by atoms with E-state index < -0.39 is 0 Å². The molecule has 1 amide bonds. The van der Waals surface area contributed by atoms with Gasteiger partial charge in [0.1, 0.15) is 16.1 Å². The Balaban J connectivity index is 1.41. The fraction of sp³-hybridized carbons (Fsp3) is 0.455. The number of thiophene rings is 1. The minimum atomic E-state index is -0.389. The number of pyridine rings is 1. The van der Waals surface area contributed by atoms with E-state index in [0.29, 0.717) is 26.9 Å². The number of nitriles is 1. The van der Waals surface area contributed by atoms with Gasteiger partial charge < -0.3 is 10.1 Å². The largest absolute Gasteiger partial charge is 0.465 e. The van der Waals surface area contributed by atoms with E-state index in [4.69, 9.17) is 4.74 Å². The molecule has 156 valence electrons. The van der Waals surface area contributed by atoms with Gasteiger partial charge in [-0.2, -0.15) is 5.26 Å². The monoisotopic (exact) mass is 441 g/mol. The van der Waals surface area contributed by atoms with Crippen LogP contribution in [0.5, 0.6) is 0 Å². The number of thioether (sulfide) groups is 1. The number of carbonyl (C=O) groups excluding carboxylic acids is 2. The molecule has 1 N–H and O–H groups in total.